The predicted molar refractivity (Wildman–Crippen MR) is 112 cm³/mol. The number of aromatic carboxylic acids is 1. The lowest BCUT2D eigenvalue weighted by atomic mass is 10.0. The molecule has 9 heteroatoms. The minimum Gasteiger partial charge on any atom is -0.478 e. The lowest BCUT2D eigenvalue weighted by molar-refractivity contribution is -0.115. The highest BCUT2D eigenvalue weighted by molar-refractivity contribution is 7.17. The van der Waals surface area contributed by atoms with E-state index in [0.717, 1.165) is 16.9 Å². The van der Waals surface area contributed by atoms with Gasteiger partial charge in [-0.15, -0.1) is 0 Å². The molecular weight excluding hydrogens is 406 g/mol. The number of benzene rings is 2. The fourth-order valence-electron chi connectivity index (χ4n) is 2.64. The van der Waals surface area contributed by atoms with E-state index in [4.69, 9.17) is 4.74 Å². The first-order valence-electron chi connectivity index (χ1n) is 9.00. The summed E-state index contributed by atoms with van der Waals surface area (Å²) in [6, 6.07) is 15.7. The molecule has 154 valence electrons. The minimum absolute atomic E-state index is 0.0714. The number of rotatable bonds is 7. The summed E-state index contributed by atoms with van der Waals surface area (Å²) in [6.07, 6.45) is -0.742. The highest BCUT2D eigenvalue weighted by Gasteiger charge is 2.17. The van der Waals surface area contributed by atoms with Crippen LogP contribution in [0.5, 0.6) is 5.06 Å². The molecule has 0 radical (unpaired) electrons. The molecule has 3 rings (SSSR count). The number of carboxylic acids is 1. The summed E-state index contributed by atoms with van der Waals surface area (Å²) in [7, 11) is 0. The first-order valence-corrected chi connectivity index (χ1v) is 9.82. The molecule has 2 aromatic carbocycles. The molecule has 0 aliphatic carbocycles. The molecule has 0 spiro atoms. The first kappa shape index (κ1) is 21.0. The Morgan fingerprint density at radius 2 is 1.77 bits per heavy atom. The number of amides is 2. The molecule has 1 aromatic heterocycles. The molecule has 0 fully saturated rings. The van der Waals surface area contributed by atoms with Crippen molar-refractivity contribution in [3.8, 4) is 5.06 Å². The van der Waals surface area contributed by atoms with Gasteiger partial charge < -0.3 is 20.5 Å². The first-order chi connectivity index (χ1) is 14.4. The maximum absolute atomic E-state index is 12.3. The number of hydrogen-bond acceptors (Lipinski definition) is 6. The average molecular weight is 425 g/mol. The van der Waals surface area contributed by atoms with Gasteiger partial charge in [0.1, 0.15) is 0 Å². The van der Waals surface area contributed by atoms with Gasteiger partial charge in [-0.1, -0.05) is 59.9 Å². The highest BCUT2D eigenvalue weighted by Crippen LogP contribution is 2.30. The summed E-state index contributed by atoms with van der Waals surface area (Å²) in [4.78, 5) is 39.8. The van der Waals surface area contributed by atoms with Crippen LogP contribution in [0.2, 0.25) is 0 Å². The van der Waals surface area contributed by atoms with E-state index in [2.05, 4.69) is 15.6 Å². The number of ether oxygens (including phenoxy) is 1. The molecular formula is C21H19N3O5S. The zero-order valence-electron chi connectivity index (χ0n) is 16.0. The highest BCUT2D eigenvalue weighted by atomic mass is 32.1. The van der Waals surface area contributed by atoms with Gasteiger partial charge in [-0.3, -0.25) is 4.79 Å². The maximum atomic E-state index is 12.3. The molecule has 1 heterocycles. The second kappa shape index (κ2) is 9.66. The van der Waals surface area contributed by atoms with Crippen LogP contribution in [-0.2, 0) is 17.8 Å². The number of aromatic nitrogens is 1. The largest absolute Gasteiger partial charge is 0.478 e. The van der Waals surface area contributed by atoms with Crippen LogP contribution >= 0.6 is 11.3 Å². The van der Waals surface area contributed by atoms with Crippen molar-refractivity contribution in [3.05, 3.63) is 77.0 Å². The third kappa shape index (κ3) is 5.65. The summed E-state index contributed by atoms with van der Waals surface area (Å²) in [5, 5.41) is 15.0. The Balaban J connectivity index is 1.57. The van der Waals surface area contributed by atoms with Crippen LogP contribution in [0.1, 0.15) is 27.2 Å². The normalized spacial score (nSPS) is 10.3. The second-order valence-corrected chi connectivity index (χ2v) is 7.27. The molecule has 30 heavy (non-hydrogen) atoms. The number of carbonyl (C=O) groups is 3. The van der Waals surface area contributed by atoms with Crippen molar-refractivity contribution < 1.29 is 24.2 Å². The van der Waals surface area contributed by atoms with E-state index < -0.39 is 18.0 Å². The molecule has 3 aromatic rings. The quantitative estimate of drug-likeness (QED) is 0.532. The number of aryl methyl sites for hydroxylation is 1. The number of thiazole rings is 1. The Hall–Kier alpha value is -3.72. The number of anilines is 1. The van der Waals surface area contributed by atoms with E-state index in [9.17, 15) is 19.5 Å². The Morgan fingerprint density at radius 3 is 2.50 bits per heavy atom. The lowest BCUT2D eigenvalue weighted by Crippen LogP contribution is -2.26. The van der Waals surface area contributed by atoms with Crippen molar-refractivity contribution in [1.29, 1.82) is 0 Å². The molecule has 3 N–H and O–H groups in total. The zero-order chi connectivity index (χ0) is 21.5. The van der Waals surface area contributed by atoms with Gasteiger partial charge in [0.2, 0.25) is 11.0 Å². The van der Waals surface area contributed by atoms with Crippen LogP contribution in [0.4, 0.5) is 9.93 Å². The van der Waals surface area contributed by atoms with Crippen LogP contribution in [-0.4, -0.2) is 28.1 Å². The van der Waals surface area contributed by atoms with Crippen molar-refractivity contribution in [3.63, 3.8) is 0 Å². The number of carbonyl (C=O) groups excluding carboxylic acids is 2. The van der Waals surface area contributed by atoms with Crippen molar-refractivity contribution in [1.82, 2.24) is 10.3 Å². The Labute approximate surface area is 176 Å². The van der Waals surface area contributed by atoms with E-state index >= 15 is 0 Å². The van der Waals surface area contributed by atoms with Crippen LogP contribution in [0, 0.1) is 6.92 Å². The summed E-state index contributed by atoms with van der Waals surface area (Å²) >= 11 is 1.02. The minimum atomic E-state index is -1.10. The van der Waals surface area contributed by atoms with Crippen LogP contribution in [0.15, 0.2) is 54.6 Å². The molecule has 0 bridgehead atoms. The number of nitrogens with one attached hydrogen (secondary N) is 2. The van der Waals surface area contributed by atoms with Crippen molar-refractivity contribution in [2.24, 2.45) is 0 Å². The van der Waals surface area contributed by atoms with Gasteiger partial charge in [0.15, 0.2) is 5.13 Å². The van der Waals surface area contributed by atoms with Gasteiger partial charge in [-0.05, 0) is 24.1 Å². The van der Waals surface area contributed by atoms with Gasteiger partial charge in [-0.25, -0.2) is 14.6 Å². The van der Waals surface area contributed by atoms with Gasteiger partial charge >= 0.3 is 12.1 Å². The molecule has 0 aliphatic heterocycles. The fraction of sp³-hybridized carbons (Fsp3) is 0.143. The Kier molecular flexibility index (Phi) is 6.76. The average Bonchev–Trinajstić information content (AvgIpc) is 3.05. The maximum Gasteiger partial charge on any atom is 0.413 e. The number of hydrogen-bond donors (Lipinski definition) is 3. The topological polar surface area (TPSA) is 118 Å². The lowest BCUT2D eigenvalue weighted by Gasteiger charge is -2.05. The molecule has 0 saturated heterocycles. The number of nitrogens with zero attached hydrogens (tertiary/aromatic N) is 1. The standard InChI is InChI=1S/C21H19N3O5S/c1-13-19(29-21(28)22-12-14-7-3-2-4-8-14)30-20(23-13)24-17(25)11-15-9-5-6-10-16(15)18(26)27/h2-10H,11-12H2,1H3,(H,22,28)(H,26,27)(H,23,24,25). The van der Waals surface area contributed by atoms with Crippen molar-refractivity contribution in [2.45, 2.75) is 19.9 Å². The molecule has 8 nitrogen and oxygen atoms in total. The Bertz CT molecular complexity index is 1070. The third-order valence-electron chi connectivity index (χ3n) is 4.06. The monoisotopic (exact) mass is 425 g/mol. The summed E-state index contributed by atoms with van der Waals surface area (Å²) in [5.41, 5.74) is 1.86. The number of carboxylic acid groups (broad SMARTS) is 1. The smallest absolute Gasteiger partial charge is 0.413 e. The van der Waals surface area contributed by atoms with Crippen LogP contribution in [0.25, 0.3) is 0 Å². The SMILES string of the molecule is Cc1nc(NC(=O)Cc2ccccc2C(=O)O)sc1OC(=O)NCc1ccccc1. The van der Waals surface area contributed by atoms with E-state index in [1.165, 1.54) is 6.07 Å². The van der Waals surface area contributed by atoms with Gasteiger partial charge in [0.05, 0.1) is 17.7 Å². The van der Waals surface area contributed by atoms with Gasteiger partial charge in [0.25, 0.3) is 0 Å². The van der Waals surface area contributed by atoms with Gasteiger partial charge in [0, 0.05) is 6.54 Å². The Morgan fingerprint density at radius 1 is 1.07 bits per heavy atom. The van der Waals surface area contributed by atoms with Crippen molar-refractivity contribution >= 4 is 34.4 Å². The second-order valence-electron chi connectivity index (χ2n) is 6.31. The van der Waals surface area contributed by atoms with Gasteiger partial charge in [-0.2, -0.15) is 0 Å². The van der Waals surface area contributed by atoms with Crippen molar-refractivity contribution in [2.75, 3.05) is 5.32 Å². The summed E-state index contributed by atoms with van der Waals surface area (Å²) in [5.74, 6) is -1.52. The molecule has 0 saturated carbocycles. The van der Waals surface area contributed by atoms with Crippen LogP contribution in [0.3, 0.4) is 0 Å². The summed E-state index contributed by atoms with van der Waals surface area (Å²) < 4.78 is 5.27. The fourth-order valence-corrected chi connectivity index (χ4v) is 3.47. The third-order valence-corrected chi connectivity index (χ3v) is 5.02. The summed E-state index contributed by atoms with van der Waals surface area (Å²) in [6.45, 7) is 1.98. The molecule has 0 unspecified atom stereocenters. The van der Waals surface area contributed by atoms with E-state index in [1.807, 2.05) is 30.3 Å². The van der Waals surface area contributed by atoms with Crippen LogP contribution < -0.4 is 15.4 Å². The predicted octanol–water partition coefficient (Wildman–Crippen LogP) is 3.62. The van der Waals surface area contributed by atoms with E-state index in [1.54, 1.807) is 25.1 Å². The molecule has 2 amide bonds. The molecule has 0 atom stereocenters. The van der Waals surface area contributed by atoms with E-state index in [-0.39, 0.29) is 22.2 Å². The zero-order valence-corrected chi connectivity index (χ0v) is 16.9. The molecule has 0 aliphatic rings. The van der Waals surface area contributed by atoms with E-state index in [0.29, 0.717) is 17.8 Å².